The predicted octanol–water partition coefficient (Wildman–Crippen LogP) is 2.02. The van der Waals surface area contributed by atoms with Crippen LogP contribution < -0.4 is 10.6 Å². The highest BCUT2D eigenvalue weighted by Gasteiger charge is 2.17. The lowest BCUT2D eigenvalue weighted by Gasteiger charge is -2.11. The Morgan fingerprint density at radius 1 is 1.17 bits per heavy atom. The second-order valence-corrected chi connectivity index (χ2v) is 6.08. The Hall–Kier alpha value is -2.37. The molecule has 1 fully saturated rings. The van der Waals surface area contributed by atoms with Gasteiger partial charge in [0.25, 0.3) is 0 Å². The Morgan fingerprint density at radius 3 is 2.78 bits per heavy atom. The topological polar surface area (TPSA) is 86.9 Å². The Balaban J connectivity index is 1.39. The number of nitrogens with zero attached hydrogens (tertiary/aromatic N) is 1. The molecule has 6 heteroatoms. The number of hydrogen-bond donors (Lipinski definition) is 3. The minimum atomic E-state index is -0.101. The standard InChI is InChI=1S/C17H22N4O2/c22-16(7-8-17(23)21-13-3-1-2-4-13)18-10-12-5-6-14-15(9-12)20-11-19-14/h5-6,9,11,13H,1-4,7-8,10H2,(H,18,22)(H,19,20)(H,21,23). The van der Waals surface area contributed by atoms with Crippen LogP contribution in [0.25, 0.3) is 11.0 Å². The fraction of sp³-hybridized carbons (Fsp3) is 0.471. The van der Waals surface area contributed by atoms with Gasteiger partial charge in [-0.05, 0) is 30.5 Å². The van der Waals surface area contributed by atoms with E-state index in [1.807, 2.05) is 18.2 Å². The first-order valence-corrected chi connectivity index (χ1v) is 8.19. The summed E-state index contributed by atoms with van der Waals surface area (Å²) in [5.74, 6) is -0.123. The van der Waals surface area contributed by atoms with Crippen LogP contribution >= 0.6 is 0 Å². The number of aromatic nitrogens is 2. The smallest absolute Gasteiger partial charge is 0.220 e. The normalized spacial score (nSPS) is 15.0. The zero-order chi connectivity index (χ0) is 16.1. The number of nitrogens with one attached hydrogen (secondary N) is 3. The van der Waals surface area contributed by atoms with Crippen LogP contribution in [0.15, 0.2) is 24.5 Å². The first kappa shape index (κ1) is 15.5. The van der Waals surface area contributed by atoms with E-state index in [-0.39, 0.29) is 24.7 Å². The van der Waals surface area contributed by atoms with Gasteiger partial charge >= 0.3 is 0 Å². The van der Waals surface area contributed by atoms with Gasteiger partial charge in [0.1, 0.15) is 0 Å². The van der Waals surface area contributed by atoms with E-state index in [4.69, 9.17) is 0 Å². The fourth-order valence-corrected chi connectivity index (χ4v) is 2.98. The number of carbonyl (C=O) groups excluding carboxylic acids is 2. The highest BCUT2D eigenvalue weighted by atomic mass is 16.2. The fourth-order valence-electron chi connectivity index (χ4n) is 2.98. The maximum Gasteiger partial charge on any atom is 0.220 e. The van der Waals surface area contributed by atoms with Crippen molar-refractivity contribution in [3.63, 3.8) is 0 Å². The summed E-state index contributed by atoms with van der Waals surface area (Å²) in [5.41, 5.74) is 2.86. The molecule has 23 heavy (non-hydrogen) atoms. The minimum absolute atomic E-state index is 0.0223. The lowest BCUT2D eigenvalue weighted by molar-refractivity contribution is -0.126. The van der Waals surface area contributed by atoms with Crippen LogP contribution in [0.2, 0.25) is 0 Å². The predicted molar refractivity (Wildman–Crippen MR) is 87.6 cm³/mol. The van der Waals surface area contributed by atoms with Gasteiger partial charge in [0.2, 0.25) is 11.8 Å². The summed E-state index contributed by atoms with van der Waals surface area (Å²) in [4.78, 5) is 30.9. The van der Waals surface area contributed by atoms with Crippen LogP contribution in [-0.4, -0.2) is 27.8 Å². The number of H-pyrrole nitrogens is 1. The zero-order valence-corrected chi connectivity index (χ0v) is 13.1. The van der Waals surface area contributed by atoms with Crippen LogP contribution in [0.4, 0.5) is 0 Å². The van der Waals surface area contributed by atoms with Crippen molar-refractivity contribution in [1.29, 1.82) is 0 Å². The number of benzene rings is 1. The first-order chi connectivity index (χ1) is 11.2. The van der Waals surface area contributed by atoms with E-state index in [1.165, 1.54) is 12.8 Å². The van der Waals surface area contributed by atoms with Crippen LogP contribution in [-0.2, 0) is 16.1 Å². The van der Waals surface area contributed by atoms with Gasteiger partial charge in [-0.2, -0.15) is 0 Å². The molecule has 0 atom stereocenters. The number of aromatic amines is 1. The van der Waals surface area contributed by atoms with E-state index in [0.717, 1.165) is 29.4 Å². The molecule has 6 nitrogen and oxygen atoms in total. The summed E-state index contributed by atoms with van der Waals surface area (Å²) in [6, 6.07) is 6.14. The third-order valence-corrected chi connectivity index (χ3v) is 4.27. The van der Waals surface area contributed by atoms with Gasteiger partial charge in [-0.15, -0.1) is 0 Å². The molecular formula is C17H22N4O2. The number of fused-ring (bicyclic) bond motifs is 1. The molecule has 1 heterocycles. The van der Waals surface area contributed by atoms with E-state index < -0.39 is 0 Å². The van der Waals surface area contributed by atoms with E-state index >= 15 is 0 Å². The number of imidazole rings is 1. The molecule has 3 N–H and O–H groups in total. The molecule has 1 aromatic heterocycles. The van der Waals surface area contributed by atoms with Crippen molar-refractivity contribution >= 4 is 22.8 Å². The number of carbonyl (C=O) groups is 2. The Morgan fingerprint density at radius 2 is 1.96 bits per heavy atom. The molecule has 122 valence electrons. The molecular weight excluding hydrogens is 292 g/mol. The molecule has 2 aromatic rings. The van der Waals surface area contributed by atoms with E-state index in [9.17, 15) is 9.59 Å². The third kappa shape index (κ3) is 4.31. The SMILES string of the molecule is O=C(CCC(=O)NC1CCCC1)NCc1ccc2nc[nH]c2c1. The highest BCUT2D eigenvalue weighted by Crippen LogP contribution is 2.17. The minimum Gasteiger partial charge on any atom is -0.353 e. The van der Waals surface area contributed by atoms with Gasteiger partial charge in [0.05, 0.1) is 17.4 Å². The van der Waals surface area contributed by atoms with Gasteiger partial charge in [0.15, 0.2) is 0 Å². The summed E-state index contributed by atoms with van der Waals surface area (Å²) in [5, 5.41) is 5.85. The lowest BCUT2D eigenvalue weighted by atomic mass is 10.2. The maximum absolute atomic E-state index is 11.9. The highest BCUT2D eigenvalue weighted by molar-refractivity contribution is 5.84. The largest absolute Gasteiger partial charge is 0.353 e. The molecule has 0 spiro atoms. The quantitative estimate of drug-likeness (QED) is 0.762. The molecule has 2 amide bonds. The molecule has 0 aliphatic heterocycles. The van der Waals surface area contributed by atoms with Crippen LogP contribution in [0, 0.1) is 0 Å². The Kier molecular flexibility index (Phi) is 4.90. The van der Waals surface area contributed by atoms with Gasteiger partial charge in [-0.25, -0.2) is 4.98 Å². The lowest BCUT2D eigenvalue weighted by Crippen LogP contribution is -2.33. The number of rotatable bonds is 6. The Labute approximate surface area is 135 Å². The number of hydrogen-bond acceptors (Lipinski definition) is 3. The van der Waals surface area contributed by atoms with Crippen molar-refractivity contribution in [2.24, 2.45) is 0 Å². The molecule has 0 bridgehead atoms. The van der Waals surface area contributed by atoms with E-state index in [1.54, 1.807) is 6.33 Å². The molecule has 0 saturated heterocycles. The summed E-state index contributed by atoms with van der Waals surface area (Å²) in [6.07, 6.45) is 6.63. The van der Waals surface area contributed by atoms with Gasteiger partial charge in [-0.1, -0.05) is 18.9 Å². The van der Waals surface area contributed by atoms with Crippen molar-refractivity contribution < 1.29 is 9.59 Å². The van der Waals surface area contributed by atoms with Crippen molar-refractivity contribution in [2.75, 3.05) is 0 Å². The monoisotopic (exact) mass is 314 g/mol. The molecule has 1 aliphatic carbocycles. The summed E-state index contributed by atoms with van der Waals surface area (Å²) >= 11 is 0. The Bertz CT molecular complexity index is 689. The van der Waals surface area contributed by atoms with Gasteiger partial charge in [0, 0.05) is 25.4 Å². The third-order valence-electron chi connectivity index (χ3n) is 4.27. The second kappa shape index (κ2) is 7.26. The molecule has 3 rings (SSSR count). The average molecular weight is 314 g/mol. The van der Waals surface area contributed by atoms with E-state index in [0.29, 0.717) is 12.6 Å². The summed E-state index contributed by atoms with van der Waals surface area (Å²) in [6.45, 7) is 0.456. The van der Waals surface area contributed by atoms with Crippen molar-refractivity contribution in [3.8, 4) is 0 Å². The molecule has 1 saturated carbocycles. The van der Waals surface area contributed by atoms with Crippen LogP contribution in [0.5, 0.6) is 0 Å². The molecule has 1 aliphatic rings. The van der Waals surface area contributed by atoms with Crippen LogP contribution in [0.1, 0.15) is 44.1 Å². The van der Waals surface area contributed by atoms with Gasteiger partial charge in [-0.3, -0.25) is 9.59 Å². The maximum atomic E-state index is 11.9. The average Bonchev–Trinajstić information content (AvgIpc) is 3.21. The van der Waals surface area contributed by atoms with Crippen molar-refractivity contribution in [1.82, 2.24) is 20.6 Å². The van der Waals surface area contributed by atoms with Crippen LogP contribution in [0.3, 0.4) is 0 Å². The zero-order valence-electron chi connectivity index (χ0n) is 13.1. The molecule has 0 unspecified atom stereocenters. The molecule has 0 radical (unpaired) electrons. The second-order valence-electron chi connectivity index (χ2n) is 6.08. The number of amides is 2. The first-order valence-electron chi connectivity index (χ1n) is 8.19. The van der Waals surface area contributed by atoms with Crippen molar-refractivity contribution in [2.45, 2.75) is 51.1 Å². The summed E-state index contributed by atoms with van der Waals surface area (Å²) in [7, 11) is 0. The summed E-state index contributed by atoms with van der Waals surface area (Å²) < 4.78 is 0. The van der Waals surface area contributed by atoms with E-state index in [2.05, 4.69) is 20.6 Å². The molecule has 1 aromatic carbocycles. The van der Waals surface area contributed by atoms with Crippen molar-refractivity contribution in [3.05, 3.63) is 30.1 Å². The van der Waals surface area contributed by atoms with Gasteiger partial charge < -0.3 is 15.6 Å².